The first kappa shape index (κ1) is 17.2. The maximum Gasteiger partial charge on any atom is 0.325 e. The summed E-state index contributed by atoms with van der Waals surface area (Å²) in [7, 11) is 1.31. The number of hydrogen-bond donors (Lipinski definition) is 1. The van der Waals surface area contributed by atoms with Crippen molar-refractivity contribution in [3.05, 3.63) is 35.9 Å². The summed E-state index contributed by atoms with van der Waals surface area (Å²) in [6.45, 7) is 3.64. The van der Waals surface area contributed by atoms with E-state index in [0.29, 0.717) is 6.42 Å². The van der Waals surface area contributed by atoms with Gasteiger partial charge in [-0.05, 0) is 32.3 Å². The molecule has 0 radical (unpaired) electrons. The van der Waals surface area contributed by atoms with Crippen molar-refractivity contribution in [2.24, 2.45) is 5.73 Å². The third-order valence-electron chi connectivity index (χ3n) is 3.34. The van der Waals surface area contributed by atoms with Gasteiger partial charge < -0.3 is 15.4 Å². The molecule has 0 aliphatic carbocycles. The van der Waals surface area contributed by atoms with Gasteiger partial charge in [0.2, 0.25) is 5.91 Å². The molecule has 21 heavy (non-hydrogen) atoms. The molecule has 0 fully saturated rings. The third kappa shape index (κ3) is 5.55. The molecule has 0 saturated carbocycles. The van der Waals surface area contributed by atoms with Gasteiger partial charge in [-0.2, -0.15) is 0 Å². The second kappa shape index (κ2) is 8.42. The van der Waals surface area contributed by atoms with E-state index in [2.05, 4.69) is 4.74 Å². The van der Waals surface area contributed by atoms with Gasteiger partial charge in [0, 0.05) is 6.04 Å². The van der Waals surface area contributed by atoms with Crippen molar-refractivity contribution in [2.75, 3.05) is 13.7 Å². The monoisotopic (exact) mass is 292 g/mol. The van der Waals surface area contributed by atoms with E-state index in [1.165, 1.54) is 12.0 Å². The Hall–Kier alpha value is -1.88. The van der Waals surface area contributed by atoms with Gasteiger partial charge in [0.25, 0.3) is 0 Å². The Labute approximate surface area is 126 Å². The minimum Gasteiger partial charge on any atom is -0.468 e. The predicted molar refractivity (Wildman–Crippen MR) is 81.6 cm³/mol. The van der Waals surface area contributed by atoms with Crippen LogP contribution in [0.5, 0.6) is 0 Å². The minimum absolute atomic E-state index is 0.0635. The summed E-state index contributed by atoms with van der Waals surface area (Å²) in [6, 6.07) is 9.17. The molecular weight excluding hydrogens is 268 g/mol. The van der Waals surface area contributed by atoms with E-state index in [4.69, 9.17) is 5.73 Å². The van der Waals surface area contributed by atoms with E-state index in [-0.39, 0.29) is 18.5 Å². The number of aryl methyl sites for hydroxylation is 1. The lowest BCUT2D eigenvalue weighted by Crippen LogP contribution is -2.49. The lowest BCUT2D eigenvalue weighted by molar-refractivity contribution is -0.148. The number of methoxy groups -OCH3 is 1. The normalized spacial score (nSPS) is 12.0. The molecule has 1 unspecified atom stereocenters. The molecule has 5 nitrogen and oxygen atoms in total. The highest BCUT2D eigenvalue weighted by molar-refractivity contribution is 5.85. The molecule has 0 aromatic heterocycles. The van der Waals surface area contributed by atoms with Crippen LogP contribution in [0.15, 0.2) is 30.3 Å². The number of esters is 1. The third-order valence-corrected chi connectivity index (χ3v) is 3.34. The molecule has 0 spiro atoms. The van der Waals surface area contributed by atoms with Crippen LogP contribution < -0.4 is 5.73 Å². The zero-order chi connectivity index (χ0) is 15.8. The largest absolute Gasteiger partial charge is 0.468 e. The van der Waals surface area contributed by atoms with Crippen LogP contribution in [0, 0.1) is 0 Å². The highest BCUT2D eigenvalue weighted by Crippen LogP contribution is 2.08. The quantitative estimate of drug-likeness (QED) is 0.770. The van der Waals surface area contributed by atoms with E-state index in [9.17, 15) is 9.59 Å². The number of benzene rings is 1. The standard InChI is InChI=1S/C16H24N2O3/c1-12(2)18(11-15(19)21-3)16(20)14(17)10-9-13-7-5-4-6-8-13/h4-8,12,14H,9-11,17H2,1-3H3. The summed E-state index contributed by atoms with van der Waals surface area (Å²) in [4.78, 5) is 25.2. The fraction of sp³-hybridized carbons (Fsp3) is 0.500. The highest BCUT2D eigenvalue weighted by atomic mass is 16.5. The molecule has 0 aliphatic rings. The van der Waals surface area contributed by atoms with Gasteiger partial charge in [-0.25, -0.2) is 0 Å². The Morgan fingerprint density at radius 3 is 2.38 bits per heavy atom. The average molecular weight is 292 g/mol. The molecule has 0 saturated heterocycles. The first-order valence-corrected chi connectivity index (χ1v) is 7.12. The van der Waals surface area contributed by atoms with Crippen LogP contribution in [0.2, 0.25) is 0 Å². The second-order valence-electron chi connectivity index (χ2n) is 5.27. The summed E-state index contributed by atoms with van der Waals surface area (Å²) in [5.41, 5.74) is 7.12. The summed E-state index contributed by atoms with van der Waals surface area (Å²) in [6.07, 6.45) is 1.28. The van der Waals surface area contributed by atoms with Gasteiger partial charge in [-0.1, -0.05) is 30.3 Å². The number of carbonyl (C=O) groups excluding carboxylic acids is 2. The van der Waals surface area contributed by atoms with Gasteiger partial charge >= 0.3 is 5.97 Å². The first-order chi connectivity index (χ1) is 9.95. The van der Waals surface area contributed by atoms with Crippen LogP contribution in [0.25, 0.3) is 0 Å². The first-order valence-electron chi connectivity index (χ1n) is 7.12. The number of carbonyl (C=O) groups is 2. The summed E-state index contributed by atoms with van der Waals surface area (Å²) >= 11 is 0. The number of nitrogens with two attached hydrogens (primary N) is 1. The van der Waals surface area contributed by atoms with Crippen LogP contribution in [-0.2, 0) is 20.7 Å². The summed E-state index contributed by atoms with van der Waals surface area (Å²) < 4.78 is 4.62. The van der Waals surface area contributed by atoms with Crippen molar-refractivity contribution in [3.8, 4) is 0 Å². The van der Waals surface area contributed by atoms with Crippen LogP contribution >= 0.6 is 0 Å². The van der Waals surface area contributed by atoms with Crippen LogP contribution in [-0.4, -0.2) is 42.5 Å². The van der Waals surface area contributed by atoms with E-state index < -0.39 is 12.0 Å². The second-order valence-corrected chi connectivity index (χ2v) is 5.27. The Balaban J connectivity index is 2.59. The molecule has 1 aromatic carbocycles. The molecule has 2 N–H and O–H groups in total. The zero-order valence-electron chi connectivity index (χ0n) is 12.9. The molecule has 1 amide bonds. The van der Waals surface area contributed by atoms with Gasteiger partial charge in [0.15, 0.2) is 0 Å². The zero-order valence-corrected chi connectivity index (χ0v) is 12.9. The van der Waals surface area contributed by atoms with Gasteiger partial charge in [-0.15, -0.1) is 0 Å². The Kier molecular flexibility index (Phi) is 6.88. The molecule has 1 aromatic rings. The fourth-order valence-electron chi connectivity index (χ4n) is 2.02. The lowest BCUT2D eigenvalue weighted by Gasteiger charge is -2.28. The van der Waals surface area contributed by atoms with E-state index >= 15 is 0 Å². The predicted octanol–water partition coefficient (Wildman–Crippen LogP) is 1.36. The van der Waals surface area contributed by atoms with Crippen molar-refractivity contribution in [1.82, 2.24) is 4.90 Å². The molecule has 0 bridgehead atoms. The lowest BCUT2D eigenvalue weighted by atomic mass is 10.0. The van der Waals surface area contributed by atoms with Crippen molar-refractivity contribution in [2.45, 2.75) is 38.8 Å². The molecule has 0 aliphatic heterocycles. The molecule has 116 valence electrons. The van der Waals surface area contributed by atoms with Crippen molar-refractivity contribution < 1.29 is 14.3 Å². The van der Waals surface area contributed by atoms with Crippen molar-refractivity contribution in [3.63, 3.8) is 0 Å². The van der Waals surface area contributed by atoms with Crippen LogP contribution in [0.1, 0.15) is 25.8 Å². The Morgan fingerprint density at radius 1 is 1.24 bits per heavy atom. The highest BCUT2D eigenvalue weighted by Gasteiger charge is 2.25. The molecule has 5 heteroatoms. The van der Waals surface area contributed by atoms with Crippen molar-refractivity contribution >= 4 is 11.9 Å². The summed E-state index contributed by atoms with van der Waals surface area (Å²) in [5.74, 6) is -0.654. The number of rotatable bonds is 7. The Bertz CT molecular complexity index is 460. The minimum atomic E-state index is -0.614. The molecular formula is C16H24N2O3. The average Bonchev–Trinajstić information content (AvgIpc) is 2.49. The van der Waals surface area contributed by atoms with Crippen molar-refractivity contribution in [1.29, 1.82) is 0 Å². The van der Waals surface area contributed by atoms with Crippen LogP contribution in [0.4, 0.5) is 0 Å². The molecule has 1 rings (SSSR count). The SMILES string of the molecule is COC(=O)CN(C(=O)C(N)CCc1ccccc1)C(C)C. The van der Waals surface area contributed by atoms with E-state index in [1.807, 2.05) is 44.2 Å². The summed E-state index contributed by atoms with van der Waals surface area (Å²) in [5, 5.41) is 0. The van der Waals surface area contributed by atoms with Gasteiger partial charge in [0.05, 0.1) is 13.2 Å². The van der Waals surface area contributed by atoms with Gasteiger partial charge in [-0.3, -0.25) is 9.59 Å². The fourth-order valence-corrected chi connectivity index (χ4v) is 2.02. The molecule has 0 heterocycles. The smallest absolute Gasteiger partial charge is 0.325 e. The van der Waals surface area contributed by atoms with E-state index in [0.717, 1.165) is 12.0 Å². The van der Waals surface area contributed by atoms with Crippen LogP contribution in [0.3, 0.4) is 0 Å². The number of nitrogens with zero attached hydrogens (tertiary/aromatic N) is 1. The maximum atomic E-state index is 12.4. The van der Waals surface area contributed by atoms with E-state index in [1.54, 1.807) is 0 Å². The number of hydrogen-bond acceptors (Lipinski definition) is 4. The van der Waals surface area contributed by atoms with Gasteiger partial charge in [0.1, 0.15) is 6.54 Å². The topological polar surface area (TPSA) is 72.6 Å². The molecule has 1 atom stereocenters. The Morgan fingerprint density at radius 2 is 1.86 bits per heavy atom. The number of amides is 1. The number of ether oxygens (including phenoxy) is 1. The maximum absolute atomic E-state index is 12.4.